The second-order valence-electron chi connectivity index (χ2n) is 5.33. The van der Waals surface area contributed by atoms with Gasteiger partial charge in [0, 0.05) is 11.3 Å². The third kappa shape index (κ3) is 3.42. The Kier molecular flexibility index (Phi) is 4.14. The summed E-state index contributed by atoms with van der Waals surface area (Å²) >= 11 is 0. The van der Waals surface area contributed by atoms with Gasteiger partial charge in [-0.3, -0.25) is 4.79 Å². The highest BCUT2D eigenvalue weighted by Crippen LogP contribution is 2.15. The van der Waals surface area contributed by atoms with Gasteiger partial charge in [-0.25, -0.2) is 0 Å². The molecule has 1 amide bonds. The van der Waals surface area contributed by atoms with Gasteiger partial charge in [-0.2, -0.15) is 4.80 Å². The van der Waals surface area contributed by atoms with E-state index in [0.717, 1.165) is 16.8 Å². The largest absolute Gasteiger partial charge is 0.324 e. The molecule has 1 atom stereocenters. The van der Waals surface area contributed by atoms with Crippen LogP contribution in [0.3, 0.4) is 0 Å². The van der Waals surface area contributed by atoms with Crippen LogP contribution in [-0.2, 0) is 4.79 Å². The number of hydrogen-bond acceptors (Lipinski definition) is 4. The summed E-state index contributed by atoms with van der Waals surface area (Å²) in [6, 6.07) is 16.6. The number of nitrogens with zero attached hydrogens (tertiary/aromatic N) is 4. The van der Waals surface area contributed by atoms with E-state index >= 15 is 0 Å². The number of carbonyl (C=O) groups is 1. The highest BCUT2D eigenvalue weighted by atomic mass is 16.2. The van der Waals surface area contributed by atoms with Crippen LogP contribution < -0.4 is 5.32 Å². The summed E-state index contributed by atoms with van der Waals surface area (Å²) in [5.74, 6) is 0.312. The molecule has 2 aromatic carbocycles. The van der Waals surface area contributed by atoms with Gasteiger partial charge in [0.15, 0.2) is 0 Å². The predicted octanol–water partition coefficient (Wildman–Crippen LogP) is 2.85. The Morgan fingerprint density at radius 2 is 1.78 bits per heavy atom. The van der Waals surface area contributed by atoms with Gasteiger partial charge < -0.3 is 5.32 Å². The lowest BCUT2D eigenvalue weighted by Crippen LogP contribution is -2.25. The summed E-state index contributed by atoms with van der Waals surface area (Å²) in [6.45, 7) is 3.73. The molecule has 0 saturated heterocycles. The number of rotatable bonds is 4. The number of benzene rings is 2. The molecule has 1 heterocycles. The van der Waals surface area contributed by atoms with Crippen molar-refractivity contribution in [1.82, 2.24) is 20.2 Å². The molecule has 23 heavy (non-hydrogen) atoms. The van der Waals surface area contributed by atoms with Gasteiger partial charge in [0.05, 0.1) is 0 Å². The van der Waals surface area contributed by atoms with E-state index in [4.69, 9.17) is 0 Å². The van der Waals surface area contributed by atoms with Crippen LogP contribution in [0.1, 0.15) is 18.5 Å². The number of nitrogens with one attached hydrogen (secondary N) is 1. The molecule has 6 nitrogen and oxygen atoms in total. The van der Waals surface area contributed by atoms with E-state index in [1.165, 1.54) is 4.80 Å². The van der Waals surface area contributed by atoms with Crippen molar-refractivity contribution in [3.63, 3.8) is 0 Å². The number of carbonyl (C=O) groups excluding carboxylic acids is 1. The summed E-state index contributed by atoms with van der Waals surface area (Å²) < 4.78 is 0. The van der Waals surface area contributed by atoms with Crippen molar-refractivity contribution >= 4 is 11.6 Å². The molecular formula is C17H17N5O. The Hall–Kier alpha value is -3.02. The predicted molar refractivity (Wildman–Crippen MR) is 87.8 cm³/mol. The highest BCUT2D eigenvalue weighted by molar-refractivity contribution is 5.93. The van der Waals surface area contributed by atoms with Crippen molar-refractivity contribution in [2.24, 2.45) is 0 Å². The Balaban J connectivity index is 1.72. The molecule has 1 unspecified atom stereocenters. The number of hydrogen-bond donors (Lipinski definition) is 1. The third-order valence-electron chi connectivity index (χ3n) is 3.51. The number of tetrazole rings is 1. The van der Waals surface area contributed by atoms with E-state index < -0.39 is 6.04 Å². The molecule has 0 bridgehead atoms. The zero-order chi connectivity index (χ0) is 16.2. The summed E-state index contributed by atoms with van der Waals surface area (Å²) in [7, 11) is 0. The topological polar surface area (TPSA) is 72.7 Å². The van der Waals surface area contributed by atoms with E-state index in [0.29, 0.717) is 5.82 Å². The van der Waals surface area contributed by atoms with Crippen LogP contribution in [-0.4, -0.2) is 26.1 Å². The van der Waals surface area contributed by atoms with Crippen molar-refractivity contribution in [2.75, 3.05) is 5.32 Å². The first-order chi connectivity index (χ1) is 11.1. The third-order valence-corrected chi connectivity index (χ3v) is 3.51. The van der Waals surface area contributed by atoms with Crippen LogP contribution in [0.4, 0.5) is 5.69 Å². The van der Waals surface area contributed by atoms with Crippen molar-refractivity contribution in [3.05, 3.63) is 60.2 Å². The first-order valence-electron chi connectivity index (χ1n) is 7.36. The minimum absolute atomic E-state index is 0.189. The fourth-order valence-electron chi connectivity index (χ4n) is 2.08. The van der Waals surface area contributed by atoms with Gasteiger partial charge in [0.2, 0.25) is 5.82 Å². The first-order valence-corrected chi connectivity index (χ1v) is 7.36. The zero-order valence-corrected chi connectivity index (χ0v) is 13.0. The molecular weight excluding hydrogens is 290 g/mol. The molecule has 116 valence electrons. The molecule has 0 fully saturated rings. The summed E-state index contributed by atoms with van der Waals surface area (Å²) in [6.07, 6.45) is 0. The fourth-order valence-corrected chi connectivity index (χ4v) is 2.08. The smallest absolute Gasteiger partial charge is 0.250 e. The van der Waals surface area contributed by atoms with Crippen LogP contribution in [0.5, 0.6) is 0 Å². The Labute approximate surface area is 134 Å². The van der Waals surface area contributed by atoms with Crippen LogP contribution in [0.2, 0.25) is 0 Å². The first kappa shape index (κ1) is 14.9. The van der Waals surface area contributed by atoms with Gasteiger partial charge in [-0.15, -0.1) is 10.2 Å². The highest BCUT2D eigenvalue weighted by Gasteiger charge is 2.18. The summed E-state index contributed by atoms with van der Waals surface area (Å²) in [5, 5.41) is 15.1. The van der Waals surface area contributed by atoms with Crippen LogP contribution in [0.25, 0.3) is 11.4 Å². The maximum Gasteiger partial charge on any atom is 0.250 e. The number of amides is 1. The lowest BCUT2D eigenvalue weighted by Gasteiger charge is -2.10. The monoisotopic (exact) mass is 307 g/mol. The normalized spacial score (nSPS) is 11.9. The quantitative estimate of drug-likeness (QED) is 0.804. The molecule has 6 heteroatoms. The lowest BCUT2D eigenvalue weighted by molar-refractivity contribution is -0.119. The minimum atomic E-state index is -0.554. The average Bonchev–Trinajstić information content (AvgIpc) is 3.07. The van der Waals surface area contributed by atoms with E-state index in [9.17, 15) is 4.79 Å². The molecule has 0 spiro atoms. The fraction of sp³-hybridized carbons (Fsp3) is 0.176. The van der Waals surface area contributed by atoms with E-state index in [1.54, 1.807) is 6.92 Å². The SMILES string of the molecule is Cc1ccc(NC(=O)C(C)n2nnc(-c3ccccc3)n2)cc1. The van der Waals surface area contributed by atoms with E-state index in [-0.39, 0.29) is 5.91 Å². The average molecular weight is 307 g/mol. The molecule has 3 rings (SSSR count). The van der Waals surface area contributed by atoms with Gasteiger partial charge in [0.1, 0.15) is 6.04 Å². The molecule has 1 aromatic heterocycles. The van der Waals surface area contributed by atoms with Crippen molar-refractivity contribution in [2.45, 2.75) is 19.9 Å². The number of anilines is 1. The molecule has 0 radical (unpaired) electrons. The van der Waals surface area contributed by atoms with E-state index in [1.807, 2.05) is 61.5 Å². The second kappa shape index (κ2) is 6.39. The van der Waals surface area contributed by atoms with Gasteiger partial charge >= 0.3 is 0 Å². The Bertz CT molecular complexity index is 795. The molecule has 1 N–H and O–H groups in total. The molecule has 0 aliphatic heterocycles. The Morgan fingerprint density at radius 3 is 2.48 bits per heavy atom. The molecule has 3 aromatic rings. The van der Waals surface area contributed by atoms with E-state index in [2.05, 4.69) is 20.7 Å². The summed E-state index contributed by atoms with van der Waals surface area (Å²) in [4.78, 5) is 13.6. The van der Waals surface area contributed by atoms with Crippen LogP contribution in [0, 0.1) is 6.92 Å². The standard InChI is InChI=1S/C17H17N5O/c1-12-8-10-15(11-9-12)18-17(23)13(2)22-20-16(19-21-22)14-6-4-3-5-7-14/h3-11,13H,1-2H3,(H,18,23). The van der Waals surface area contributed by atoms with Gasteiger partial charge in [-0.1, -0.05) is 48.0 Å². The number of aryl methyl sites for hydroxylation is 1. The van der Waals surface area contributed by atoms with Crippen molar-refractivity contribution in [3.8, 4) is 11.4 Å². The lowest BCUT2D eigenvalue weighted by atomic mass is 10.2. The van der Waals surface area contributed by atoms with Crippen molar-refractivity contribution < 1.29 is 4.79 Å². The molecule has 0 aliphatic rings. The molecule has 0 saturated carbocycles. The Morgan fingerprint density at radius 1 is 1.09 bits per heavy atom. The molecule has 0 aliphatic carbocycles. The maximum absolute atomic E-state index is 12.3. The zero-order valence-electron chi connectivity index (χ0n) is 13.0. The minimum Gasteiger partial charge on any atom is -0.324 e. The van der Waals surface area contributed by atoms with Crippen LogP contribution in [0.15, 0.2) is 54.6 Å². The second-order valence-corrected chi connectivity index (χ2v) is 5.33. The number of aromatic nitrogens is 4. The van der Waals surface area contributed by atoms with Crippen LogP contribution >= 0.6 is 0 Å². The van der Waals surface area contributed by atoms with Crippen molar-refractivity contribution in [1.29, 1.82) is 0 Å². The summed E-state index contributed by atoms with van der Waals surface area (Å²) in [5.41, 5.74) is 2.75. The van der Waals surface area contributed by atoms with Gasteiger partial charge in [0.25, 0.3) is 5.91 Å². The van der Waals surface area contributed by atoms with Gasteiger partial charge in [-0.05, 0) is 31.2 Å². The maximum atomic E-state index is 12.3.